The highest BCUT2D eigenvalue weighted by molar-refractivity contribution is 7.23. The Morgan fingerprint density at radius 3 is 2.38 bits per heavy atom. The first-order valence-corrected chi connectivity index (χ1v) is 17.4. The van der Waals surface area contributed by atoms with Crippen molar-refractivity contribution in [2.75, 3.05) is 24.0 Å². The second kappa shape index (κ2) is 12.6. The molecule has 0 bridgehead atoms. The molecule has 3 aromatic heterocycles. The van der Waals surface area contributed by atoms with Gasteiger partial charge in [0.05, 0.1) is 32.5 Å². The summed E-state index contributed by atoms with van der Waals surface area (Å²) in [4.78, 5) is 22.2. The number of nitrogens with zero attached hydrogens (tertiary/aromatic N) is 5. The van der Waals surface area contributed by atoms with Gasteiger partial charge >= 0.3 is 5.97 Å². The summed E-state index contributed by atoms with van der Waals surface area (Å²) in [5.74, 6) is -1.22. The molecule has 1 atom stereocenters. The highest BCUT2D eigenvalue weighted by atomic mass is 32.1. The molecule has 0 amide bonds. The van der Waals surface area contributed by atoms with E-state index in [2.05, 4.69) is 95.7 Å². The molecule has 4 heterocycles. The maximum atomic E-state index is 11.3. The van der Waals surface area contributed by atoms with Crippen LogP contribution < -0.4 is 9.91 Å². The van der Waals surface area contributed by atoms with Crippen LogP contribution in [0.1, 0.15) is 33.3 Å². The van der Waals surface area contributed by atoms with E-state index in [0.29, 0.717) is 0 Å². The summed E-state index contributed by atoms with van der Waals surface area (Å²) in [5, 5.41) is 26.7. The van der Waals surface area contributed by atoms with Crippen molar-refractivity contribution < 1.29 is 9.90 Å². The van der Waals surface area contributed by atoms with E-state index in [4.69, 9.17) is 15.3 Å². The molecule has 6 aromatic rings. The maximum Gasteiger partial charge on any atom is 0.346 e. The number of aliphatic carboxylic acids is 1. The summed E-state index contributed by atoms with van der Waals surface area (Å²) in [7, 11) is 4.09. The smallest absolute Gasteiger partial charge is 0.346 e. The van der Waals surface area contributed by atoms with Crippen LogP contribution >= 0.6 is 34.0 Å². The molecule has 0 radical (unpaired) electrons. The molecule has 1 N–H and O–H groups in total. The summed E-state index contributed by atoms with van der Waals surface area (Å²) in [6, 6.07) is 33.4. The van der Waals surface area contributed by atoms with Crippen molar-refractivity contribution in [2.24, 2.45) is 5.10 Å². The zero-order chi connectivity index (χ0) is 32.7. The zero-order valence-electron chi connectivity index (χ0n) is 25.8. The Labute approximate surface area is 284 Å². The highest BCUT2D eigenvalue weighted by Gasteiger charge is 2.31. The first-order valence-electron chi connectivity index (χ1n) is 14.9. The number of hydrogen-bond donors (Lipinski definition) is 1. The molecule has 7 rings (SSSR count). The first-order chi connectivity index (χ1) is 22.7. The third kappa shape index (κ3) is 6.21. The van der Waals surface area contributed by atoms with Crippen molar-refractivity contribution in [3.63, 3.8) is 0 Å². The lowest BCUT2D eigenvalue weighted by Crippen LogP contribution is -2.18. The van der Waals surface area contributed by atoms with Crippen LogP contribution in [0.15, 0.2) is 102 Å². The van der Waals surface area contributed by atoms with Crippen LogP contribution in [0.25, 0.3) is 36.6 Å². The van der Waals surface area contributed by atoms with Crippen molar-refractivity contribution in [1.29, 1.82) is 5.26 Å². The molecule has 232 valence electrons. The number of thiophene rings is 2. The third-order valence-corrected chi connectivity index (χ3v) is 11.5. The molecule has 3 aromatic carbocycles. The fraction of sp³-hybridized carbons (Fsp3) is 0.135. The number of benzene rings is 3. The van der Waals surface area contributed by atoms with Gasteiger partial charge in [0.15, 0.2) is 0 Å². The van der Waals surface area contributed by atoms with Gasteiger partial charge in [0, 0.05) is 46.4 Å². The predicted molar refractivity (Wildman–Crippen MR) is 196 cm³/mol. The molecule has 0 spiro atoms. The Morgan fingerprint density at radius 1 is 0.936 bits per heavy atom. The number of aryl methyl sites for hydroxylation is 1. The lowest BCUT2D eigenvalue weighted by atomic mass is 10.00. The van der Waals surface area contributed by atoms with E-state index < -0.39 is 5.97 Å². The van der Waals surface area contributed by atoms with Crippen molar-refractivity contribution in [1.82, 2.24) is 4.98 Å². The van der Waals surface area contributed by atoms with Crippen LogP contribution in [-0.4, -0.2) is 35.9 Å². The standard InChI is InChI=1S/C37H29N5O2S3/c1-22-4-14-29-35(18-22)47-36(39-29)24-7-11-27(12-8-24)42-31(23-5-9-26(10-6-23)41(2)3)20-30(40-42)32-16-17-34(46-32)33-15-13-28(45-33)19-25(21-38)37(43)44/h4-19,31H,20H2,1-3H3,(H,43,44). The second-order valence-corrected chi connectivity index (χ2v) is 14.7. The molecule has 1 unspecified atom stereocenters. The number of carboxylic acid groups (broad SMARTS) is 1. The number of carboxylic acids is 1. The normalized spacial score (nSPS) is 14.8. The molecule has 47 heavy (non-hydrogen) atoms. The Hall–Kier alpha value is -5.08. The van der Waals surface area contributed by atoms with E-state index in [9.17, 15) is 9.90 Å². The van der Waals surface area contributed by atoms with Gasteiger partial charge in [0.1, 0.15) is 16.6 Å². The van der Waals surface area contributed by atoms with E-state index >= 15 is 0 Å². The number of fused-ring (bicyclic) bond motifs is 1. The summed E-state index contributed by atoms with van der Waals surface area (Å²) >= 11 is 4.84. The van der Waals surface area contributed by atoms with Crippen molar-refractivity contribution in [2.45, 2.75) is 19.4 Å². The molecule has 0 fully saturated rings. The number of nitriles is 1. The topological polar surface area (TPSA) is 92.8 Å². The first kappa shape index (κ1) is 30.6. The third-order valence-electron chi connectivity index (χ3n) is 8.02. The average Bonchev–Trinajstić information content (AvgIpc) is 3.89. The molecule has 0 saturated heterocycles. The van der Waals surface area contributed by atoms with Gasteiger partial charge in [-0.15, -0.1) is 34.0 Å². The van der Waals surface area contributed by atoms with Crippen LogP contribution in [0, 0.1) is 18.3 Å². The Bertz CT molecular complexity index is 2220. The number of aromatic nitrogens is 1. The molecular formula is C37H29N5O2S3. The lowest BCUT2D eigenvalue weighted by molar-refractivity contribution is -0.132. The van der Waals surface area contributed by atoms with Crippen LogP contribution in [0.5, 0.6) is 0 Å². The largest absolute Gasteiger partial charge is 0.477 e. The van der Waals surface area contributed by atoms with Crippen molar-refractivity contribution >= 4 is 73.4 Å². The van der Waals surface area contributed by atoms with E-state index in [1.807, 2.05) is 26.2 Å². The minimum atomic E-state index is -1.22. The van der Waals surface area contributed by atoms with E-state index in [1.165, 1.54) is 33.2 Å². The van der Waals surface area contributed by atoms with Gasteiger partial charge < -0.3 is 10.0 Å². The van der Waals surface area contributed by atoms with Crippen molar-refractivity contribution in [3.05, 3.63) is 117 Å². The average molecular weight is 672 g/mol. The number of carbonyl (C=O) groups is 1. The van der Waals surface area contributed by atoms with Gasteiger partial charge in [-0.1, -0.05) is 18.2 Å². The molecular weight excluding hydrogens is 643 g/mol. The fourth-order valence-electron chi connectivity index (χ4n) is 5.54. The van der Waals surface area contributed by atoms with Gasteiger partial charge in [0.25, 0.3) is 0 Å². The summed E-state index contributed by atoms with van der Waals surface area (Å²) < 4.78 is 1.19. The fourth-order valence-corrected chi connectivity index (χ4v) is 8.65. The van der Waals surface area contributed by atoms with Crippen molar-refractivity contribution in [3.8, 4) is 26.4 Å². The lowest BCUT2D eigenvalue weighted by Gasteiger charge is -2.24. The molecule has 0 saturated carbocycles. The predicted octanol–water partition coefficient (Wildman–Crippen LogP) is 9.47. The van der Waals surface area contributed by atoms with E-state index in [-0.39, 0.29) is 11.6 Å². The number of anilines is 2. The van der Waals surface area contributed by atoms with Crippen LogP contribution in [0.4, 0.5) is 11.4 Å². The zero-order valence-corrected chi connectivity index (χ0v) is 28.3. The summed E-state index contributed by atoms with van der Waals surface area (Å²) in [5.41, 5.74) is 7.43. The van der Waals surface area contributed by atoms with Gasteiger partial charge in [-0.05, 0) is 96.9 Å². The Kier molecular flexibility index (Phi) is 8.20. The molecule has 7 nitrogen and oxygen atoms in total. The minimum Gasteiger partial charge on any atom is -0.477 e. The van der Waals surface area contributed by atoms with Gasteiger partial charge in [-0.25, -0.2) is 9.78 Å². The van der Waals surface area contributed by atoms with Crippen LogP contribution in [-0.2, 0) is 4.79 Å². The Balaban J connectivity index is 1.20. The van der Waals surface area contributed by atoms with Crippen LogP contribution in [0.3, 0.4) is 0 Å². The monoisotopic (exact) mass is 671 g/mol. The number of thiazole rings is 1. The summed E-state index contributed by atoms with van der Waals surface area (Å²) in [6.45, 7) is 2.10. The second-order valence-electron chi connectivity index (χ2n) is 11.5. The quantitative estimate of drug-likeness (QED) is 0.128. The number of hydrogen-bond acceptors (Lipinski definition) is 9. The highest BCUT2D eigenvalue weighted by Crippen LogP contribution is 2.41. The molecule has 1 aliphatic heterocycles. The van der Waals surface area contributed by atoms with E-state index in [1.54, 1.807) is 28.7 Å². The van der Waals surface area contributed by atoms with Crippen LogP contribution in [0.2, 0.25) is 0 Å². The molecule has 0 aliphatic carbocycles. The number of rotatable bonds is 8. The summed E-state index contributed by atoms with van der Waals surface area (Å²) in [6.07, 6.45) is 2.17. The minimum absolute atomic E-state index is 0.0296. The number of hydrazone groups is 1. The maximum absolute atomic E-state index is 11.3. The van der Waals surface area contributed by atoms with Gasteiger partial charge in [-0.3, -0.25) is 5.01 Å². The SMILES string of the molecule is Cc1ccc2nc(-c3ccc(N4N=C(c5ccc(-c6ccc(C=C(C#N)C(=O)O)s6)s5)CC4c4ccc(N(C)C)cc4)cc3)sc2c1. The molecule has 1 aliphatic rings. The van der Waals surface area contributed by atoms with E-state index in [0.717, 1.165) is 59.1 Å². The molecule has 10 heteroatoms. The van der Waals surface area contributed by atoms with Gasteiger partial charge in [-0.2, -0.15) is 10.4 Å². The van der Waals surface area contributed by atoms with Gasteiger partial charge in [0.2, 0.25) is 0 Å². The Morgan fingerprint density at radius 2 is 1.66 bits per heavy atom.